The van der Waals surface area contributed by atoms with Crippen LogP contribution in [0.4, 0.5) is 17.6 Å². The molecule has 1 saturated heterocycles. The van der Waals surface area contributed by atoms with Crippen LogP contribution in [-0.2, 0) is 39.2 Å². The first-order valence-corrected chi connectivity index (χ1v) is 22.4. The molecule has 7 rings (SSSR count). The second kappa shape index (κ2) is 18.6. The number of fused-ring (bicyclic) bond motifs is 2. The molecule has 1 amide bonds. The molecule has 9 nitrogen and oxygen atoms in total. The number of halogens is 4. The number of amides is 1. The van der Waals surface area contributed by atoms with Crippen LogP contribution in [0.15, 0.2) is 72.8 Å². The number of benzene rings is 3. The number of hydrogen-bond donors (Lipinski definition) is 2. The number of rotatable bonds is 13. The van der Waals surface area contributed by atoms with Crippen molar-refractivity contribution in [2.75, 3.05) is 26.4 Å². The summed E-state index contributed by atoms with van der Waals surface area (Å²) in [5.74, 6) is -1.60. The first-order chi connectivity index (χ1) is 27.9. The van der Waals surface area contributed by atoms with Crippen LogP contribution in [0.3, 0.4) is 0 Å². The lowest BCUT2D eigenvalue weighted by molar-refractivity contribution is -0.192. The zero-order valence-electron chi connectivity index (χ0n) is 36.1. The Labute approximate surface area is 353 Å². The average Bonchev–Trinajstić information content (AvgIpc) is 3.44. The Morgan fingerprint density at radius 2 is 1.58 bits per heavy atom. The predicted octanol–water partition coefficient (Wildman–Crippen LogP) is 8.59. The normalized spacial score (nSPS) is 24.0. The molecule has 1 heterocycles. The van der Waals surface area contributed by atoms with Crippen LogP contribution in [0.5, 0.6) is 0 Å². The third-order valence-electron chi connectivity index (χ3n) is 12.8. The molecule has 6 atom stereocenters. The Kier molecular flexibility index (Phi) is 14.7. The maximum Gasteiger partial charge on any atom is 0.490 e. The molecule has 4 aliphatic rings. The third-order valence-corrected chi connectivity index (χ3v) is 14.6. The topological polar surface area (TPSA) is 110 Å². The number of aliphatic carboxylic acids is 1. The lowest BCUT2D eigenvalue weighted by Gasteiger charge is -2.62. The number of sulfonamides is 1. The van der Waals surface area contributed by atoms with E-state index in [0.717, 1.165) is 47.2 Å². The number of carbonyl (C=O) groups excluding carboxylic acids is 1. The molecule has 3 aromatic rings. The van der Waals surface area contributed by atoms with Gasteiger partial charge in [-0.3, -0.25) is 9.69 Å². The van der Waals surface area contributed by atoms with Crippen molar-refractivity contribution in [3.05, 3.63) is 95.3 Å². The van der Waals surface area contributed by atoms with E-state index in [4.69, 9.17) is 9.90 Å². The Hall–Kier alpha value is -3.85. The summed E-state index contributed by atoms with van der Waals surface area (Å²) in [5, 5.41) is 10.4. The van der Waals surface area contributed by atoms with Gasteiger partial charge in [0.2, 0.25) is 15.9 Å². The third kappa shape index (κ3) is 11.7. The standard InChI is InChI=1S/C44H61FN4O3S.C2HF3O2/c1-30-39-23-35(44(39,5)6)24-40(30)46-42(50)41-20-21-53(51,52)49(41)27-32-13-11-12-31(22-32)26-48(37(29-47(7)8)25-43(2,3)4)28-34-14-9-10-15-38(34)33-16-18-36(45)19-17-33;3-2(4,5)1(6)7/h9-19,22,30,35,37,39-41H,20-21,23-29H2,1-8H3,(H,46,50);(H,6,7)/t30-,35+,37-,39-,40-,41?;/m0./s1. The summed E-state index contributed by atoms with van der Waals surface area (Å²) in [5.41, 5.74) is 5.60. The molecule has 2 N–H and O–H groups in total. The Bertz CT molecular complexity index is 2070. The fourth-order valence-corrected chi connectivity index (χ4v) is 11.3. The van der Waals surface area contributed by atoms with Crippen LogP contribution in [0.1, 0.15) is 83.9 Å². The summed E-state index contributed by atoms with van der Waals surface area (Å²) in [6, 6.07) is 22.9. The minimum atomic E-state index is -5.08. The fourth-order valence-electron chi connectivity index (χ4n) is 9.59. The average molecular weight is 859 g/mol. The number of nitrogens with one attached hydrogen (secondary N) is 1. The Morgan fingerprint density at radius 3 is 2.17 bits per heavy atom. The molecule has 3 aromatic carbocycles. The van der Waals surface area contributed by atoms with Crippen LogP contribution in [0.2, 0.25) is 0 Å². The molecule has 3 saturated carbocycles. The summed E-state index contributed by atoms with van der Waals surface area (Å²) in [6.07, 6.45) is -1.60. The van der Waals surface area contributed by atoms with E-state index in [-0.39, 0.29) is 41.5 Å². The summed E-state index contributed by atoms with van der Waals surface area (Å²) in [7, 11) is 0.648. The highest BCUT2D eigenvalue weighted by atomic mass is 32.2. The summed E-state index contributed by atoms with van der Waals surface area (Å²) < 4.78 is 74.0. The van der Waals surface area contributed by atoms with E-state index in [2.05, 4.69) is 101 Å². The second-order valence-corrected chi connectivity index (χ2v) is 21.1. The van der Waals surface area contributed by atoms with Crippen molar-refractivity contribution in [2.45, 2.75) is 111 Å². The van der Waals surface area contributed by atoms with Gasteiger partial charge in [0.1, 0.15) is 11.9 Å². The molecule has 0 aromatic heterocycles. The van der Waals surface area contributed by atoms with Crippen molar-refractivity contribution in [3.8, 4) is 11.1 Å². The van der Waals surface area contributed by atoms with Crippen molar-refractivity contribution in [3.63, 3.8) is 0 Å². The smallest absolute Gasteiger partial charge is 0.475 e. The van der Waals surface area contributed by atoms with Crippen molar-refractivity contribution in [1.29, 1.82) is 0 Å². The molecular weight excluding hydrogens is 797 g/mol. The van der Waals surface area contributed by atoms with Gasteiger partial charge in [-0.05, 0) is 108 Å². The van der Waals surface area contributed by atoms with Crippen LogP contribution < -0.4 is 5.32 Å². The first-order valence-electron chi connectivity index (χ1n) is 20.8. The molecule has 0 spiro atoms. The van der Waals surface area contributed by atoms with E-state index in [9.17, 15) is 30.8 Å². The summed E-state index contributed by atoms with van der Waals surface area (Å²) >= 11 is 0. The number of nitrogens with zero attached hydrogens (tertiary/aromatic N) is 3. The lowest BCUT2D eigenvalue weighted by atomic mass is 9.45. The molecule has 14 heteroatoms. The van der Waals surface area contributed by atoms with E-state index in [1.165, 1.54) is 22.9 Å². The minimum Gasteiger partial charge on any atom is -0.475 e. The van der Waals surface area contributed by atoms with Crippen LogP contribution >= 0.6 is 0 Å². The number of hydrogen-bond acceptors (Lipinski definition) is 6. The van der Waals surface area contributed by atoms with Gasteiger partial charge in [-0.15, -0.1) is 0 Å². The van der Waals surface area contributed by atoms with E-state index >= 15 is 0 Å². The van der Waals surface area contributed by atoms with E-state index in [1.807, 2.05) is 30.3 Å². The van der Waals surface area contributed by atoms with Crippen LogP contribution in [-0.4, -0.2) is 90.2 Å². The number of carbonyl (C=O) groups is 2. The van der Waals surface area contributed by atoms with Gasteiger partial charge in [0, 0.05) is 38.3 Å². The maximum atomic E-state index is 13.9. The van der Waals surface area contributed by atoms with Crippen LogP contribution in [0.25, 0.3) is 11.1 Å². The zero-order chi connectivity index (χ0) is 44.4. The van der Waals surface area contributed by atoms with Gasteiger partial charge < -0.3 is 15.3 Å². The summed E-state index contributed by atoms with van der Waals surface area (Å²) in [4.78, 5) is 27.5. The molecule has 4 fully saturated rings. The van der Waals surface area contributed by atoms with Crippen molar-refractivity contribution < 1.29 is 40.7 Å². The molecule has 60 heavy (non-hydrogen) atoms. The first kappa shape index (κ1) is 47.2. The molecule has 1 unspecified atom stereocenters. The maximum absolute atomic E-state index is 13.9. The number of likely N-dealkylation sites (N-methyl/N-ethyl adjacent to an activating group) is 1. The zero-order valence-corrected chi connectivity index (χ0v) is 36.9. The van der Waals surface area contributed by atoms with Gasteiger partial charge in [0.25, 0.3) is 0 Å². The second-order valence-electron chi connectivity index (χ2n) is 19.1. The van der Waals surface area contributed by atoms with Gasteiger partial charge in [-0.1, -0.05) is 102 Å². The summed E-state index contributed by atoms with van der Waals surface area (Å²) in [6.45, 7) is 16.2. The highest BCUT2D eigenvalue weighted by molar-refractivity contribution is 7.89. The Morgan fingerprint density at radius 1 is 0.950 bits per heavy atom. The van der Waals surface area contributed by atoms with Gasteiger partial charge in [-0.25, -0.2) is 17.6 Å². The van der Waals surface area contributed by atoms with E-state index < -0.39 is 28.2 Å². The fraction of sp³-hybridized carbons (Fsp3) is 0.565. The highest BCUT2D eigenvalue weighted by Crippen LogP contribution is 2.61. The highest BCUT2D eigenvalue weighted by Gasteiger charge is 2.57. The van der Waals surface area contributed by atoms with Gasteiger partial charge in [-0.2, -0.15) is 17.5 Å². The van der Waals surface area contributed by atoms with E-state index in [1.54, 1.807) is 0 Å². The Balaban J connectivity index is 0.000000896. The van der Waals surface area contributed by atoms with Crippen molar-refractivity contribution in [2.24, 2.45) is 28.6 Å². The molecule has 2 bridgehead atoms. The van der Waals surface area contributed by atoms with Crippen molar-refractivity contribution in [1.82, 2.24) is 19.4 Å². The molecule has 330 valence electrons. The van der Waals surface area contributed by atoms with Gasteiger partial charge in [0.05, 0.1) is 5.75 Å². The minimum absolute atomic E-state index is 0.0104. The predicted molar refractivity (Wildman–Crippen MR) is 226 cm³/mol. The quantitative estimate of drug-likeness (QED) is 0.166. The monoisotopic (exact) mass is 858 g/mol. The molecular formula is C46H62F4N4O5S. The van der Waals surface area contributed by atoms with Gasteiger partial charge >= 0.3 is 12.1 Å². The van der Waals surface area contributed by atoms with Crippen LogP contribution in [0, 0.1) is 34.4 Å². The molecule has 1 aliphatic heterocycles. The SMILES string of the molecule is C[C@@H]1[C@@H](NC(=O)C2CCS(=O)(=O)N2Cc2cccc(CN(Cc3ccccc3-c3ccc(F)cc3)[C@H](CN(C)C)CC(C)(C)C)c2)C[C@H]2C[C@@H]1C2(C)C.O=C(O)C(F)(F)F. The number of carboxylic acids is 1. The molecule has 0 radical (unpaired) electrons. The van der Waals surface area contributed by atoms with Crippen molar-refractivity contribution >= 4 is 21.9 Å². The lowest BCUT2D eigenvalue weighted by Crippen LogP contribution is -2.61. The number of carboxylic acid groups (broad SMARTS) is 1. The largest absolute Gasteiger partial charge is 0.490 e. The van der Waals surface area contributed by atoms with E-state index in [0.29, 0.717) is 42.7 Å². The number of alkyl halides is 3. The molecule has 3 aliphatic carbocycles. The van der Waals surface area contributed by atoms with Gasteiger partial charge in [0.15, 0.2) is 0 Å².